The van der Waals surface area contributed by atoms with Gasteiger partial charge in [-0.15, -0.1) is 0 Å². The summed E-state index contributed by atoms with van der Waals surface area (Å²) in [5, 5.41) is 0. The fourth-order valence-corrected chi connectivity index (χ4v) is 2.02. The lowest BCUT2D eigenvalue weighted by Gasteiger charge is -2.40. The predicted octanol–water partition coefficient (Wildman–Crippen LogP) is -0.487. The molecule has 0 aromatic rings. The Kier molecular flexibility index (Phi) is 5.18. The Balaban J connectivity index is 2.42. The molecule has 0 saturated carbocycles. The zero-order chi connectivity index (χ0) is 12.1. The third-order valence-electron chi connectivity index (χ3n) is 3.05. The fraction of sp³-hybridized carbons (Fsp3) is 0.909. The highest BCUT2D eigenvalue weighted by Crippen LogP contribution is 2.09. The van der Waals surface area contributed by atoms with E-state index in [0.717, 1.165) is 32.8 Å². The van der Waals surface area contributed by atoms with E-state index < -0.39 is 6.04 Å². The van der Waals surface area contributed by atoms with Gasteiger partial charge in [-0.2, -0.15) is 0 Å². The summed E-state index contributed by atoms with van der Waals surface area (Å²) in [5.74, 6) is 0.0539. The number of hydrogen-bond acceptors (Lipinski definition) is 4. The van der Waals surface area contributed by atoms with Gasteiger partial charge in [0.05, 0.1) is 12.6 Å². The molecule has 1 fully saturated rings. The predicted molar refractivity (Wildman–Crippen MR) is 63.1 cm³/mol. The molecule has 0 radical (unpaired) electrons. The minimum atomic E-state index is -0.391. The van der Waals surface area contributed by atoms with Gasteiger partial charge in [-0.1, -0.05) is 0 Å². The number of piperazine rings is 1. The second kappa shape index (κ2) is 6.18. The molecule has 1 aliphatic rings. The van der Waals surface area contributed by atoms with Crippen LogP contribution in [-0.2, 0) is 9.53 Å². The van der Waals surface area contributed by atoms with Crippen molar-refractivity contribution in [2.24, 2.45) is 5.73 Å². The molecule has 2 N–H and O–H groups in total. The lowest BCUT2D eigenvalue weighted by atomic mass is 10.1. The molecule has 1 saturated heterocycles. The zero-order valence-corrected chi connectivity index (χ0v) is 10.5. The van der Waals surface area contributed by atoms with Crippen molar-refractivity contribution >= 4 is 5.91 Å². The van der Waals surface area contributed by atoms with Gasteiger partial charge in [-0.05, 0) is 13.8 Å². The first kappa shape index (κ1) is 13.4. The Morgan fingerprint density at radius 2 is 2.25 bits per heavy atom. The molecule has 16 heavy (non-hydrogen) atoms. The maximum Gasteiger partial charge on any atom is 0.239 e. The van der Waals surface area contributed by atoms with Gasteiger partial charge in [-0.25, -0.2) is 0 Å². The monoisotopic (exact) mass is 229 g/mol. The lowest BCUT2D eigenvalue weighted by Crippen LogP contribution is -2.56. The number of carbonyl (C=O) groups is 1. The SMILES string of the molecule is COCCN1CCN(C(=O)[C@@H](C)N)CC1C. The van der Waals surface area contributed by atoms with Crippen molar-refractivity contribution in [3.8, 4) is 0 Å². The Labute approximate surface area is 97.5 Å². The number of hydrogen-bond donors (Lipinski definition) is 1. The highest BCUT2D eigenvalue weighted by atomic mass is 16.5. The zero-order valence-electron chi connectivity index (χ0n) is 10.5. The summed E-state index contributed by atoms with van der Waals surface area (Å²) in [4.78, 5) is 15.9. The normalized spacial score (nSPS) is 24.5. The third kappa shape index (κ3) is 3.43. The summed E-state index contributed by atoms with van der Waals surface area (Å²) < 4.78 is 5.06. The summed E-state index contributed by atoms with van der Waals surface area (Å²) in [6.45, 7) is 7.99. The van der Waals surface area contributed by atoms with E-state index in [0.29, 0.717) is 6.04 Å². The standard InChI is InChI=1S/C11H23N3O2/c1-9-8-14(11(15)10(2)12)5-4-13(9)6-7-16-3/h9-10H,4-8,12H2,1-3H3/t9?,10-/m1/s1. The van der Waals surface area contributed by atoms with E-state index in [9.17, 15) is 4.79 Å². The molecule has 5 heteroatoms. The van der Waals surface area contributed by atoms with Crippen molar-refractivity contribution < 1.29 is 9.53 Å². The molecule has 1 heterocycles. The van der Waals surface area contributed by atoms with Crippen LogP contribution >= 0.6 is 0 Å². The minimum Gasteiger partial charge on any atom is -0.383 e. The Bertz CT molecular complexity index is 233. The highest BCUT2D eigenvalue weighted by molar-refractivity contribution is 5.81. The Morgan fingerprint density at radius 1 is 1.56 bits per heavy atom. The van der Waals surface area contributed by atoms with Gasteiger partial charge in [0, 0.05) is 39.3 Å². The molecule has 2 atom stereocenters. The van der Waals surface area contributed by atoms with Crippen molar-refractivity contribution in [1.29, 1.82) is 0 Å². The second-order valence-corrected chi connectivity index (χ2v) is 4.45. The van der Waals surface area contributed by atoms with Crippen LogP contribution in [0.2, 0.25) is 0 Å². The molecule has 0 aromatic heterocycles. The average molecular weight is 229 g/mol. The lowest BCUT2D eigenvalue weighted by molar-refractivity contribution is -0.135. The van der Waals surface area contributed by atoms with E-state index in [1.165, 1.54) is 0 Å². The quantitative estimate of drug-likeness (QED) is 0.707. The van der Waals surface area contributed by atoms with Crippen LogP contribution in [0.5, 0.6) is 0 Å². The highest BCUT2D eigenvalue weighted by Gasteiger charge is 2.27. The Hall–Kier alpha value is -0.650. The number of rotatable bonds is 4. The fourth-order valence-electron chi connectivity index (χ4n) is 2.02. The van der Waals surface area contributed by atoms with E-state index in [2.05, 4.69) is 11.8 Å². The third-order valence-corrected chi connectivity index (χ3v) is 3.05. The molecule has 1 rings (SSSR count). The van der Waals surface area contributed by atoms with E-state index in [1.807, 2.05) is 4.90 Å². The number of nitrogens with two attached hydrogens (primary N) is 1. The van der Waals surface area contributed by atoms with E-state index in [-0.39, 0.29) is 5.91 Å². The molecule has 0 aliphatic carbocycles. The summed E-state index contributed by atoms with van der Waals surface area (Å²) in [5.41, 5.74) is 5.60. The first-order valence-electron chi connectivity index (χ1n) is 5.83. The maximum atomic E-state index is 11.7. The number of ether oxygens (including phenoxy) is 1. The van der Waals surface area contributed by atoms with Crippen molar-refractivity contribution in [1.82, 2.24) is 9.80 Å². The summed E-state index contributed by atoms with van der Waals surface area (Å²) in [7, 11) is 1.71. The number of methoxy groups -OCH3 is 1. The first-order chi connectivity index (χ1) is 7.56. The summed E-state index contributed by atoms with van der Waals surface area (Å²) >= 11 is 0. The van der Waals surface area contributed by atoms with Crippen LogP contribution in [0, 0.1) is 0 Å². The smallest absolute Gasteiger partial charge is 0.239 e. The first-order valence-corrected chi connectivity index (χ1v) is 5.83. The Morgan fingerprint density at radius 3 is 2.75 bits per heavy atom. The van der Waals surface area contributed by atoms with E-state index >= 15 is 0 Å². The van der Waals surface area contributed by atoms with Crippen molar-refractivity contribution in [2.45, 2.75) is 25.9 Å². The van der Waals surface area contributed by atoms with Crippen LogP contribution in [0.25, 0.3) is 0 Å². The number of amides is 1. The maximum absolute atomic E-state index is 11.7. The molecule has 1 aliphatic heterocycles. The molecule has 1 amide bonds. The molecule has 0 aromatic carbocycles. The van der Waals surface area contributed by atoms with Gasteiger partial charge >= 0.3 is 0 Å². The molecule has 1 unspecified atom stereocenters. The molecule has 94 valence electrons. The van der Waals surface area contributed by atoms with Gasteiger partial charge in [0.2, 0.25) is 5.91 Å². The average Bonchev–Trinajstić information content (AvgIpc) is 2.26. The topological polar surface area (TPSA) is 58.8 Å². The van der Waals surface area contributed by atoms with Crippen LogP contribution in [0.4, 0.5) is 0 Å². The van der Waals surface area contributed by atoms with Crippen LogP contribution in [0.1, 0.15) is 13.8 Å². The molecule has 0 bridgehead atoms. The number of nitrogens with zero attached hydrogens (tertiary/aromatic N) is 2. The van der Waals surface area contributed by atoms with Crippen LogP contribution in [0.3, 0.4) is 0 Å². The van der Waals surface area contributed by atoms with E-state index in [1.54, 1.807) is 14.0 Å². The largest absolute Gasteiger partial charge is 0.383 e. The molecular formula is C11H23N3O2. The van der Waals surface area contributed by atoms with Crippen LogP contribution in [-0.4, -0.2) is 67.7 Å². The molecule has 0 spiro atoms. The van der Waals surface area contributed by atoms with Crippen LogP contribution < -0.4 is 5.73 Å². The molecule has 5 nitrogen and oxygen atoms in total. The van der Waals surface area contributed by atoms with Gasteiger partial charge in [0.1, 0.15) is 0 Å². The van der Waals surface area contributed by atoms with Gasteiger partial charge in [0.15, 0.2) is 0 Å². The van der Waals surface area contributed by atoms with Gasteiger partial charge in [-0.3, -0.25) is 9.69 Å². The second-order valence-electron chi connectivity index (χ2n) is 4.45. The number of carbonyl (C=O) groups excluding carboxylic acids is 1. The van der Waals surface area contributed by atoms with E-state index in [4.69, 9.17) is 10.5 Å². The van der Waals surface area contributed by atoms with Crippen molar-refractivity contribution in [3.63, 3.8) is 0 Å². The van der Waals surface area contributed by atoms with Gasteiger partial charge in [0.25, 0.3) is 0 Å². The summed E-state index contributed by atoms with van der Waals surface area (Å²) in [6.07, 6.45) is 0. The van der Waals surface area contributed by atoms with Crippen molar-refractivity contribution in [3.05, 3.63) is 0 Å². The van der Waals surface area contributed by atoms with Gasteiger partial charge < -0.3 is 15.4 Å². The molecular weight excluding hydrogens is 206 g/mol. The van der Waals surface area contributed by atoms with Crippen molar-refractivity contribution in [2.75, 3.05) is 39.9 Å². The summed E-state index contributed by atoms with van der Waals surface area (Å²) in [6, 6.07) is -0.00988. The van der Waals surface area contributed by atoms with Crippen LogP contribution in [0.15, 0.2) is 0 Å². The minimum absolute atomic E-state index is 0.0539.